The molecule has 2 aromatic carbocycles. The van der Waals surface area contributed by atoms with Crippen LogP contribution in [0.2, 0.25) is 10.0 Å². The quantitative estimate of drug-likeness (QED) is 0.297. The number of fused-ring (bicyclic) bond motifs is 1. The minimum Gasteiger partial charge on any atom is -0.491 e. The zero-order valence-electron chi connectivity index (χ0n) is 16.7. The largest absolute Gasteiger partial charge is 0.491 e. The van der Waals surface area contributed by atoms with E-state index in [1.807, 2.05) is 25.1 Å². The van der Waals surface area contributed by atoms with Crippen molar-refractivity contribution >= 4 is 39.9 Å². The van der Waals surface area contributed by atoms with E-state index in [0.29, 0.717) is 34.6 Å². The van der Waals surface area contributed by atoms with E-state index in [-0.39, 0.29) is 12.2 Å². The first-order valence-electron chi connectivity index (χ1n) is 9.79. The summed E-state index contributed by atoms with van der Waals surface area (Å²) in [7, 11) is 0. The second-order valence-electron chi connectivity index (χ2n) is 6.96. The first-order valence-corrected chi connectivity index (χ1v) is 10.5. The van der Waals surface area contributed by atoms with Crippen LogP contribution in [0, 0.1) is 6.92 Å². The Bertz CT molecular complexity index is 997. The van der Waals surface area contributed by atoms with Gasteiger partial charge in [-0.1, -0.05) is 48.7 Å². The molecule has 1 N–H and O–H groups in total. The fourth-order valence-electron chi connectivity index (χ4n) is 3.19. The second kappa shape index (κ2) is 10.1. The minimum absolute atomic E-state index is 0.00402. The number of hydrogen-bond acceptors (Lipinski definition) is 3. The highest BCUT2D eigenvalue weighted by atomic mass is 35.5. The van der Waals surface area contributed by atoms with Gasteiger partial charge in [0.05, 0.1) is 12.1 Å². The molecule has 0 amide bonds. The number of rotatable bonds is 10. The Morgan fingerprint density at radius 1 is 1.10 bits per heavy atom. The maximum Gasteiger partial charge on any atom is 0.169 e. The summed E-state index contributed by atoms with van der Waals surface area (Å²) in [5.41, 5.74) is 3.26. The molecule has 0 bridgehead atoms. The van der Waals surface area contributed by atoms with Crippen molar-refractivity contribution in [2.75, 3.05) is 19.8 Å². The highest BCUT2D eigenvalue weighted by Crippen LogP contribution is 2.29. The van der Waals surface area contributed by atoms with E-state index in [9.17, 15) is 4.79 Å². The molecule has 0 aliphatic carbocycles. The van der Waals surface area contributed by atoms with Crippen molar-refractivity contribution in [1.29, 1.82) is 0 Å². The summed E-state index contributed by atoms with van der Waals surface area (Å²) in [5, 5.41) is 2.12. The third-order valence-corrected chi connectivity index (χ3v) is 5.50. The van der Waals surface area contributed by atoms with Gasteiger partial charge in [-0.25, -0.2) is 0 Å². The van der Waals surface area contributed by atoms with Gasteiger partial charge in [0, 0.05) is 45.8 Å². The minimum atomic E-state index is 0.00402. The van der Waals surface area contributed by atoms with Gasteiger partial charge in [-0.05, 0) is 37.1 Å². The van der Waals surface area contributed by atoms with Crippen molar-refractivity contribution in [3.8, 4) is 5.75 Å². The molecule has 0 spiro atoms. The Morgan fingerprint density at radius 2 is 1.93 bits per heavy atom. The lowest BCUT2D eigenvalue weighted by atomic mass is 10.0. The van der Waals surface area contributed by atoms with Gasteiger partial charge in [0.25, 0.3) is 0 Å². The number of aromatic amines is 1. The van der Waals surface area contributed by atoms with Crippen LogP contribution in [0.25, 0.3) is 10.9 Å². The van der Waals surface area contributed by atoms with E-state index >= 15 is 0 Å². The molecule has 0 aliphatic rings. The topological polar surface area (TPSA) is 51.3 Å². The van der Waals surface area contributed by atoms with Crippen LogP contribution in [0.5, 0.6) is 5.75 Å². The molecule has 0 atom stereocenters. The van der Waals surface area contributed by atoms with Crippen molar-refractivity contribution in [2.45, 2.75) is 33.1 Å². The molecule has 3 aromatic rings. The highest BCUT2D eigenvalue weighted by Gasteiger charge is 2.17. The van der Waals surface area contributed by atoms with E-state index in [1.165, 1.54) is 0 Å². The van der Waals surface area contributed by atoms with Crippen molar-refractivity contribution in [2.24, 2.45) is 0 Å². The first-order chi connectivity index (χ1) is 14.0. The molecule has 4 nitrogen and oxygen atoms in total. The average Bonchev–Trinajstić information content (AvgIpc) is 3.14. The molecule has 0 saturated carbocycles. The smallest absolute Gasteiger partial charge is 0.169 e. The van der Waals surface area contributed by atoms with Crippen LogP contribution in [-0.4, -0.2) is 30.6 Å². The number of Topliss-reactive ketones (excluding diaryl/α,β-unsaturated/α-hetero) is 1. The number of ether oxygens (including phenoxy) is 2. The molecular weight excluding hydrogens is 409 g/mol. The monoisotopic (exact) mass is 433 g/mol. The summed E-state index contributed by atoms with van der Waals surface area (Å²) < 4.78 is 11.4. The summed E-state index contributed by atoms with van der Waals surface area (Å²) in [5.74, 6) is 0.619. The number of nitrogens with one attached hydrogen (secondary N) is 1. The van der Waals surface area contributed by atoms with Gasteiger partial charge < -0.3 is 14.5 Å². The molecule has 0 unspecified atom stereocenters. The number of carbonyl (C=O) groups is 1. The predicted octanol–water partition coefficient (Wildman–Crippen LogP) is 6.40. The zero-order chi connectivity index (χ0) is 20.8. The Balaban J connectivity index is 1.73. The second-order valence-corrected chi connectivity index (χ2v) is 7.81. The summed E-state index contributed by atoms with van der Waals surface area (Å²) in [6, 6.07) is 9.05. The van der Waals surface area contributed by atoms with Gasteiger partial charge in [0.1, 0.15) is 12.4 Å². The molecule has 1 aromatic heterocycles. The molecule has 6 heteroatoms. The van der Waals surface area contributed by atoms with Crippen molar-refractivity contribution in [3.05, 3.63) is 63.3 Å². The molecule has 0 saturated heterocycles. The zero-order valence-corrected chi connectivity index (χ0v) is 18.2. The number of hydrogen-bond donors (Lipinski definition) is 1. The number of benzene rings is 2. The first kappa shape index (κ1) is 21.7. The van der Waals surface area contributed by atoms with E-state index in [1.54, 1.807) is 18.3 Å². The van der Waals surface area contributed by atoms with E-state index in [2.05, 4.69) is 11.9 Å². The summed E-state index contributed by atoms with van der Waals surface area (Å²) >= 11 is 12.3. The van der Waals surface area contributed by atoms with Crippen LogP contribution in [0.4, 0.5) is 0 Å². The maximum atomic E-state index is 13.0. The van der Waals surface area contributed by atoms with Gasteiger partial charge in [-0.2, -0.15) is 0 Å². The number of aryl methyl sites for hydroxylation is 1. The van der Waals surface area contributed by atoms with Crippen LogP contribution in [0.1, 0.15) is 41.3 Å². The van der Waals surface area contributed by atoms with E-state index < -0.39 is 0 Å². The van der Waals surface area contributed by atoms with Crippen LogP contribution in [-0.2, 0) is 11.2 Å². The van der Waals surface area contributed by atoms with Crippen molar-refractivity contribution in [3.63, 3.8) is 0 Å². The van der Waals surface area contributed by atoms with Gasteiger partial charge in [0.15, 0.2) is 5.78 Å². The van der Waals surface area contributed by atoms with Gasteiger partial charge in [-0.15, -0.1) is 0 Å². The molecule has 1 heterocycles. The highest BCUT2D eigenvalue weighted by molar-refractivity contribution is 6.32. The number of H-pyrrole nitrogens is 1. The number of unbranched alkanes of at least 4 members (excludes halogenated alkanes) is 1. The Hall–Kier alpha value is -2.01. The number of aromatic nitrogens is 1. The predicted molar refractivity (Wildman–Crippen MR) is 119 cm³/mol. The molecular formula is C23H25Cl2NO3. The van der Waals surface area contributed by atoms with E-state index in [4.69, 9.17) is 32.7 Å². The molecule has 29 heavy (non-hydrogen) atoms. The molecule has 3 rings (SSSR count). The van der Waals surface area contributed by atoms with Gasteiger partial charge in [0.2, 0.25) is 0 Å². The molecule has 154 valence electrons. The standard InChI is InChI=1S/C23H25Cl2NO3/c1-3-4-9-28-10-11-29-22-13-17(24)6-5-16(22)12-21(27)19-14-26-23-15(2)20(25)8-7-18(19)23/h5-8,13-14,26H,3-4,9-12H2,1-2H3. The van der Waals surface area contributed by atoms with Crippen molar-refractivity contribution in [1.82, 2.24) is 4.98 Å². The Kier molecular flexibility index (Phi) is 7.59. The number of carbonyl (C=O) groups excluding carboxylic acids is 1. The lowest BCUT2D eigenvalue weighted by Crippen LogP contribution is -2.10. The molecule has 0 aliphatic heterocycles. The van der Waals surface area contributed by atoms with Crippen LogP contribution in [0.3, 0.4) is 0 Å². The number of ketones is 1. The molecule has 0 radical (unpaired) electrons. The van der Waals surface area contributed by atoms with Crippen LogP contribution < -0.4 is 4.74 Å². The van der Waals surface area contributed by atoms with Gasteiger partial charge in [-0.3, -0.25) is 4.79 Å². The van der Waals surface area contributed by atoms with E-state index in [0.717, 1.165) is 41.5 Å². The third kappa shape index (κ3) is 5.33. The fraction of sp³-hybridized carbons (Fsp3) is 0.348. The summed E-state index contributed by atoms with van der Waals surface area (Å²) in [4.78, 5) is 16.2. The normalized spacial score (nSPS) is 11.2. The lowest BCUT2D eigenvalue weighted by Gasteiger charge is -2.12. The average molecular weight is 434 g/mol. The van der Waals surface area contributed by atoms with Crippen LogP contribution in [0.15, 0.2) is 36.5 Å². The van der Waals surface area contributed by atoms with Crippen LogP contribution >= 0.6 is 23.2 Å². The van der Waals surface area contributed by atoms with Crippen molar-refractivity contribution < 1.29 is 14.3 Å². The number of halogens is 2. The Morgan fingerprint density at radius 3 is 2.72 bits per heavy atom. The summed E-state index contributed by atoms with van der Waals surface area (Å²) in [6.07, 6.45) is 4.10. The maximum absolute atomic E-state index is 13.0. The SMILES string of the molecule is CCCCOCCOc1cc(Cl)ccc1CC(=O)c1c[nH]c2c(C)c(Cl)ccc12. The third-order valence-electron chi connectivity index (χ3n) is 4.86. The summed E-state index contributed by atoms with van der Waals surface area (Å²) in [6.45, 7) is 5.70. The van der Waals surface area contributed by atoms with Gasteiger partial charge >= 0.3 is 0 Å². The Labute approximate surface area is 181 Å². The lowest BCUT2D eigenvalue weighted by molar-refractivity contribution is 0.0964. The molecule has 0 fully saturated rings. The fourth-order valence-corrected chi connectivity index (χ4v) is 3.51.